The van der Waals surface area contributed by atoms with Crippen LogP contribution in [0.1, 0.15) is 32.2 Å². The monoisotopic (exact) mass is 401 g/mol. The number of benzene rings is 1. The van der Waals surface area contributed by atoms with E-state index >= 15 is 0 Å². The van der Waals surface area contributed by atoms with Crippen LogP contribution in [0.3, 0.4) is 0 Å². The average molecular weight is 401 g/mol. The molecule has 0 bridgehead atoms. The smallest absolute Gasteiger partial charge is 0.373 e. The second kappa shape index (κ2) is 8.13. The van der Waals surface area contributed by atoms with Crippen molar-refractivity contribution in [2.45, 2.75) is 6.54 Å². The number of methoxy groups -OCH3 is 2. The van der Waals surface area contributed by atoms with Crippen LogP contribution in [0.2, 0.25) is 0 Å². The third-order valence-electron chi connectivity index (χ3n) is 3.87. The molecule has 2 heterocycles. The van der Waals surface area contributed by atoms with Crippen molar-refractivity contribution in [3.8, 4) is 0 Å². The quantitative estimate of drug-likeness (QED) is 0.556. The van der Waals surface area contributed by atoms with Crippen molar-refractivity contribution in [1.29, 1.82) is 0 Å². The molecule has 0 atom stereocenters. The minimum absolute atomic E-state index is 0.00860. The van der Waals surface area contributed by atoms with E-state index in [0.717, 1.165) is 16.7 Å². The van der Waals surface area contributed by atoms with Gasteiger partial charge in [-0.05, 0) is 47.7 Å². The minimum Gasteiger partial charge on any atom is -0.465 e. The lowest BCUT2D eigenvalue weighted by Gasteiger charge is -2.09. The van der Waals surface area contributed by atoms with Gasteiger partial charge in [-0.2, -0.15) is 0 Å². The summed E-state index contributed by atoms with van der Waals surface area (Å²) in [4.78, 5) is 48.9. The van der Waals surface area contributed by atoms with Crippen molar-refractivity contribution in [2.75, 3.05) is 14.2 Å². The fourth-order valence-electron chi connectivity index (χ4n) is 2.45. The summed E-state index contributed by atoms with van der Waals surface area (Å²) in [5.74, 6) is -1.30. The maximum atomic E-state index is 12.6. The molecular weight excluding hydrogens is 386 g/mol. The number of imide groups is 1. The number of ether oxygens (including phenoxy) is 2. The van der Waals surface area contributed by atoms with E-state index in [0.29, 0.717) is 11.1 Å². The van der Waals surface area contributed by atoms with Crippen LogP contribution in [0.25, 0.3) is 6.08 Å². The standard InChI is InChI=1S/C19H15NO7S/c1-25-17(22)12-5-3-11(4-6-12)9-15-16(21)20(19(24)28-15)10-13-7-8-14(27-13)18(23)26-2/h3-9H,10H2,1-2H3/b15-9+. The summed E-state index contributed by atoms with van der Waals surface area (Å²) in [5.41, 5.74) is 1.04. The number of esters is 2. The molecule has 9 heteroatoms. The summed E-state index contributed by atoms with van der Waals surface area (Å²) in [6, 6.07) is 9.35. The summed E-state index contributed by atoms with van der Waals surface area (Å²) < 4.78 is 14.5. The Balaban J connectivity index is 1.74. The third kappa shape index (κ3) is 3.99. The van der Waals surface area contributed by atoms with Crippen LogP contribution in [0, 0.1) is 0 Å². The maximum Gasteiger partial charge on any atom is 0.373 e. The Kier molecular flexibility index (Phi) is 5.65. The summed E-state index contributed by atoms with van der Waals surface area (Å²) in [7, 11) is 2.52. The number of carbonyl (C=O) groups is 4. The second-order valence-electron chi connectivity index (χ2n) is 5.64. The Hall–Kier alpha value is -3.33. The topological polar surface area (TPSA) is 103 Å². The SMILES string of the molecule is COC(=O)c1ccc(/C=C2/SC(=O)N(Cc3ccc(C(=O)OC)o3)C2=O)cc1. The molecule has 0 N–H and O–H groups in total. The van der Waals surface area contributed by atoms with Crippen molar-refractivity contribution in [1.82, 2.24) is 4.90 Å². The van der Waals surface area contributed by atoms with Gasteiger partial charge in [-0.25, -0.2) is 9.59 Å². The van der Waals surface area contributed by atoms with Crippen LogP contribution in [0.15, 0.2) is 45.7 Å². The first-order valence-electron chi connectivity index (χ1n) is 8.03. The molecular formula is C19H15NO7S. The van der Waals surface area contributed by atoms with Gasteiger partial charge in [0.15, 0.2) is 0 Å². The molecule has 2 amide bonds. The van der Waals surface area contributed by atoms with E-state index in [1.807, 2.05) is 0 Å². The molecule has 1 aromatic heterocycles. The van der Waals surface area contributed by atoms with E-state index in [-0.39, 0.29) is 23.0 Å². The largest absolute Gasteiger partial charge is 0.465 e. The van der Waals surface area contributed by atoms with Gasteiger partial charge in [0, 0.05) is 0 Å². The first-order chi connectivity index (χ1) is 13.4. The van der Waals surface area contributed by atoms with Crippen LogP contribution in [-0.2, 0) is 20.8 Å². The van der Waals surface area contributed by atoms with Gasteiger partial charge in [0.05, 0.1) is 31.2 Å². The van der Waals surface area contributed by atoms with Crippen LogP contribution >= 0.6 is 11.8 Å². The van der Waals surface area contributed by atoms with E-state index in [9.17, 15) is 19.2 Å². The molecule has 0 radical (unpaired) electrons. The molecule has 0 aliphatic carbocycles. The van der Waals surface area contributed by atoms with Gasteiger partial charge >= 0.3 is 11.9 Å². The van der Waals surface area contributed by atoms with Gasteiger partial charge in [0.25, 0.3) is 11.1 Å². The summed E-state index contributed by atoms with van der Waals surface area (Å²) >= 11 is 0.802. The zero-order valence-corrected chi connectivity index (χ0v) is 15.8. The number of hydrogen-bond donors (Lipinski definition) is 0. The molecule has 1 aliphatic heterocycles. The predicted octanol–water partition coefficient (Wildman–Crippen LogP) is 3.09. The Morgan fingerprint density at radius 2 is 1.71 bits per heavy atom. The van der Waals surface area contributed by atoms with Crippen molar-refractivity contribution in [3.05, 3.63) is 64.0 Å². The molecule has 28 heavy (non-hydrogen) atoms. The molecule has 0 saturated carbocycles. The van der Waals surface area contributed by atoms with Gasteiger partial charge < -0.3 is 13.9 Å². The van der Waals surface area contributed by atoms with Crippen molar-refractivity contribution in [3.63, 3.8) is 0 Å². The second-order valence-corrected chi connectivity index (χ2v) is 6.63. The van der Waals surface area contributed by atoms with Crippen LogP contribution in [-0.4, -0.2) is 42.2 Å². The number of rotatable bonds is 5. The maximum absolute atomic E-state index is 12.6. The van der Waals surface area contributed by atoms with E-state index in [4.69, 9.17) is 4.42 Å². The van der Waals surface area contributed by atoms with Crippen molar-refractivity contribution < 1.29 is 33.1 Å². The fraction of sp³-hybridized carbons (Fsp3) is 0.158. The lowest BCUT2D eigenvalue weighted by atomic mass is 10.1. The molecule has 1 aliphatic rings. The van der Waals surface area contributed by atoms with Gasteiger partial charge in [-0.1, -0.05) is 12.1 Å². The van der Waals surface area contributed by atoms with Gasteiger partial charge in [0.2, 0.25) is 5.76 Å². The number of nitrogens with zero attached hydrogens (tertiary/aromatic N) is 1. The molecule has 1 fully saturated rings. The summed E-state index contributed by atoms with van der Waals surface area (Å²) in [6.45, 7) is -0.0969. The Morgan fingerprint density at radius 1 is 1.04 bits per heavy atom. The molecule has 144 valence electrons. The predicted molar refractivity (Wildman–Crippen MR) is 99.3 cm³/mol. The number of carbonyl (C=O) groups excluding carboxylic acids is 4. The highest BCUT2D eigenvalue weighted by Gasteiger charge is 2.35. The normalized spacial score (nSPS) is 15.2. The highest BCUT2D eigenvalue weighted by atomic mass is 32.2. The number of furan rings is 1. The van der Waals surface area contributed by atoms with Gasteiger partial charge in [-0.3, -0.25) is 14.5 Å². The van der Waals surface area contributed by atoms with Crippen LogP contribution < -0.4 is 0 Å². The van der Waals surface area contributed by atoms with E-state index in [2.05, 4.69) is 9.47 Å². The van der Waals surface area contributed by atoms with Crippen molar-refractivity contribution in [2.24, 2.45) is 0 Å². The zero-order valence-electron chi connectivity index (χ0n) is 15.0. The molecule has 3 rings (SSSR count). The number of thioether (sulfide) groups is 1. The average Bonchev–Trinajstić information content (AvgIpc) is 3.28. The van der Waals surface area contributed by atoms with Crippen molar-refractivity contribution >= 4 is 40.9 Å². The fourth-order valence-corrected chi connectivity index (χ4v) is 3.29. The molecule has 1 aromatic carbocycles. The van der Waals surface area contributed by atoms with E-state index in [1.165, 1.54) is 26.4 Å². The first-order valence-corrected chi connectivity index (χ1v) is 8.85. The minimum atomic E-state index is -0.643. The van der Waals surface area contributed by atoms with Gasteiger partial charge in [0.1, 0.15) is 5.76 Å². The molecule has 0 spiro atoms. The highest BCUT2D eigenvalue weighted by Crippen LogP contribution is 2.33. The number of hydrogen-bond acceptors (Lipinski definition) is 8. The Morgan fingerprint density at radius 3 is 2.36 bits per heavy atom. The molecule has 0 unspecified atom stereocenters. The Bertz CT molecular complexity index is 974. The lowest BCUT2D eigenvalue weighted by molar-refractivity contribution is -0.123. The molecule has 2 aromatic rings. The Labute approximate surface area is 164 Å². The zero-order chi connectivity index (χ0) is 20.3. The lowest BCUT2D eigenvalue weighted by Crippen LogP contribution is -2.27. The summed E-state index contributed by atoms with van der Waals surface area (Å²) in [5, 5.41) is -0.446. The first kappa shape index (κ1) is 19.4. The van der Waals surface area contributed by atoms with Gasteiger partial charge in [-0.15, -0.1) is 0 Å². The van der Waals surface area contributed by atoms with E-state index < -0.39 is 23.1 Å². The molecule has 1 saturated heterocycles. The number of amides is 2. The van der Waals surface area contributed by atoms with Crippen LogP contribution in [0.4, 0.5) is 4.79 Å². The third-order valence-corrected chi connectivity index (χ3v) is 4.77. The van der Waals surface area contributed by atoms with E-state index in [1.54, 1.807) is 30.3 Å². The van der Waals surface area contributed by atoms with Crippen LogP contribution in [0.5, 0.6) is 0 Å². The molecule has 8 nitrogen and oxygen atoms in total. The summed E-state index contributed by atoms with van der Waals surface area (Å²) in [6.07, 6.45) is 1.56. The highest BCUT2D eigenvalue weighted by molar-refractivity contribution is 8.18.